The van der Waals surface area contributed by atoms with Gasteiger partial charge in [0.15, 0.2) is 0 Å². The summed E-state index contributed by atoms with van der Waals surface area (Å²) in [6, 6.07) is 0. The van der Waals surface area contributed by atoms with Crippen molar-refractivity contribution in [3.05, 3.63) is 0 Å². The van der Waals surface area contributed by atoms with Crippen LogP contribution in [0.4, 0.5) is 0 Å². The van der Waals surface area contributed by atoms with Gasteiger partial charge in [-0.25, -0.2) is 0 Å². The third-order valence-electron chi connectivity index (χ3n) is 2.36. The van der Waals surface area contributed by atoms with Gasteiger partial charge < -0.3 is 4.79 Å². The summed E-state index contributed by atoms with van der Waals surface area (Å²) >= 11 is 0. The highest BCUT2D eigenvalue weighted by atomic mass is 16.1. The maximum absolute atomic E-state index is 10.1. The Morgan fingerprint density at radius 3 is 2.25 bits per heavy atom. The van der Waals surface area contributed by atoms with E-state index in [0.717, 1.165) is 31.0 Å². The molecular formula is C11H22O. The molecule has 2 unspecified atom stereocenters. The first kappa shape index (κ1) is 11.7. The maximum atomic E-state index is 10.1. The smallest absolute Gasteiger partial charge is 0.120 e. The van der Waals surface area contributed by atoms with Crippen LogP contribution in [0.2, 0.25) is 0 Å². The predicted octanol–water partition coefficient (Wildman–Crippen LogP) is 3.43. The van der Waals surface area contributed by atoms with Crippen molar-refractivity contribution in [2.45, 2.75) is 52.9 Å². The van der Waals surface area contributed by atoms with Crippen molar-refractivity contribution < 1.29 is 4.79 Å². The SMILES string of the molecule is CCCC(C)CC(C)CCC=O. The summed E-state index contributed by atoms with van der Waals surface area (Å²) in [6.07, 6.45) is 6.72. The first-order valence-electron chi connectivity index (χ1n) is 5.14. The lowest BCUT2D eigenvalue weighted by atomic mass is 9.91. The molecule has 0 heterocycles. The Kier molecular flexibility index (Phi) is 7.12. The second-order valence-electron chi connectivity index (χ2n) is 3.98. The summed E-state index contributed by atoms with van der Waals surface area (Å²) in [6.45, 7) is 6.78. The minimum Gasteiger partial charge on any atom is -0.303 e. The molecule has 0 aliphatic rings. The van der Waals surface area contributed by atoms with Crippen LogP contribution >= 0.6 is 0 Å². The van der Waals surface area contributed by atoms with Crippen LogP contribution in [0.25, 0.3) is 0 Å². The van der Waals surface area contributed by atoms with Gasteiger partial charge in [-0.2, -0.15) is 0 Å². The zero-order valence-corrected chi connectivity index (χ0v) is 8.68. The topological polar surface area (TPSA) is 17.1 Å². The molecule has 2 atom stereocenters. The molecule has 0 aliphatic heterocycles. The Morgan fingerprint density at radius 1 is 1.17 bits per heavy atom. The van der Waals surface area contributed by atoms with Crippen LogP contribution in [0.1, 0.15) is 52.9 Å². The van der Waals surface area contributed by atoms with E-state index >= 15 is 0 Å². The fourth-order valence-corrected chi connectivity index (χ4v) is 1.77. The Hall–Kier alpha value is -0.330. The van der Waals surface area contributed by atoms with Gasteiger partial charge in [-0.05, 0) is 24.7 Å². The molecule has 0 aromatic heterocycles. The molecule has 0 spiro atoms. The minimum atomic E-state index is 0.719. The van der Waals surface area contributed by atoms with Crippen molar-refractivity contribution in [1.82, 2.24) is 0 Å². The van der Waals surface area contributed by atoms with E-state index in [1.165, 1.54) is 19.3 Å². The highest BCUT2D eigenvalue weighted by molar-refractivity contribution is 5.49. The second kappa shape index (κ2) is 7.33. The Balaban J connectivity index is 3.39. The molecule has 0 bridgehead atoms. The van der Waals surface area contributed by atoms with E-state index in [-0.39, 0.29) is 0 Å². The molecule has 72 valence electrons. The highest BCUT2D eigenvalue weighted by Gasteiger charge is 2.07. The quantitative estimate of drug-likeness (QED) is 0.535. The third-order valence-corrected chi connectivity index (χ3v) is 2.36. The van der Waals surface area contributed by atoms with Gasteiger partial charge in [0.25, 0.3) is 0 Å². The Morgan fingerprint density at radius 2 is 1.75 bits per heavy atom. The molecule has 0 saturated heterocycles. The van der Waals surface area contributed by atoms with Crippen LogP contribution in [0.15, 0.2) is 0 Å². The van der Waals surface area contributed by atoms with Crippen LogP contribution in [0, 0.1) is 11.8 Å². The van der Waals surface area contributed by atoms with Crippen molar-refractivity contribution in [2.24, 2.45) is 11.8 Å². The number of hydrogen-bond donors (Lipinski definition) is 0. The fraction of sp³-hybridized carbons (Fsp3) is 0.909. The third kappa shape index (κ3) is 6.38. The van der Waals surface area contributed by atoms with E-state index in [9.17, 15) is 4.79 Å². The zero-order chi connectivity index (χ0) is 9.40. The van der Waals surface area contributed by atoms with Gasteiger partial charge >= 0.3 is 0 Å². The molecular weight excluding hydrogens is 148 g/mol. The van der Waals surface area contributed by atoms with Crippen LogP contribution in [0.3, 0.4) is 0 Å². The molecule has 0 aromatic rings. The largest absolute Gasteiger partial charge is 0.303 e. The first-order valence-corrected chi connectivity index (χ1v) is 5.14. The molecule has 0 fully saturated rings. The van der Waals surface area contributed by atoms with Crippen LogP contribution in [-0.2, 0) is 4.79 Å². The summed E-state index contributed by atoms with van der Waals surface area (Å²) in [5.74, 6) is 1.55. The van der Waals surface area contributed by atoms with Crippen molar-refractivity contribution in [2.75, 3.05) is 0 Å². The van der Waals surface area contributed by atoms with Gasteiger partial charge in [-0.1, -0.05) is 33.6 Å². The highest BCUT2D eigenvalue weighted by Crippen LogP contribution is 2.19. The molecule has 0 radical (unpaired) electrons. The van der Waals surface area contributed by atoms with Gasteiger partial charge in [-0.15, -0.1) is 0 Å². The minimum absolute atomic E-state index is 0.719. The maximum Gasteiger partial charge on any atom is 0.120 e. The van der Waals surface area contributed by atoms with E-state index in [0.29, 0.717) is 0 Å². The van der Waals surface area contributed by atoms with E-state index in [2.05, 4.69) is 20.8 Å². The number of carbonyl (C=O) groups excluding carboxylic acids is 1. The van der Waals surface area contributed by atoms with Gasteiger partial charge in [0, 0.05) is 6.42 Å². The van der Waals surface area contributed by atoms with Crippen molar-refractivity contribution >= 4 is 6.29 Å². The number of aldehydes is 1. The number of carbonyl (C=O) groups is 1. The van der Waals surface area contributed by atoms with Gasteiger partial charge in [0.2, 0.25) is 0 Å². The predicted molar refractivity (Wildman–Crippen MR) is 53.2 cm³/mol. The van der Waals surface area contributed by atoms with Crippen LogP contribution in [0.5, 0.6) is 0 Å². The average Bonchev–Trinajstić information content (AvgIpc) is 2.01. The normalized spacial score (nSPS) is 15.6. The second-order valence-corrected chi connectivity index (χ2v) is 3.98. The van der Waals surface area contributed by atoms with Gasteiger partial charge in [-0.3, -0.25) is 0 Å². The van der Waals surface area contributed by atoms with E-state index < -0.39 is 0 Å². The molecule has 1 heteroatoms. The summed E-state index contributed by atoms with van der Waals surface area (Å²) in [5.41, 5.74) is 0. The molecule has 12 heavy (non-hydrogen) atoms. The number of hydrogen-bond acceptors (Lipinski definition) is 1. The van der Waals surface area contributed by atoms with Crippen molar-refractivity contribution in [3.63, 3.8) is 0 Å². The van der Waals surface area contributed by atoms with E-state index in [4.69, 9.17) is 0 Å². The number of rotatable bonds is 7. The summed E-state index contributed by atoms with van der Waals surface area (Å²) in [4.78, 5) is 10.1. The average molecular weight is 170 g/mol. The Bertz CT molecular complexity index is 110. The van der Waals surface area contributed by atoms with E-state index in [1.807, 2.05) is 0 Å². The van der Waals surface area contributed by atoms with Gasteiger partial charge in [0.05, 0.1) is 0 Å². The Labute approximate surface area is 76.6 Å². The first-order chi connectivity index (χ1) is 5.70. The van der Waals surface area contributed by atoms with Crippen LogP contribution < -0.4 is 0 Å². The summed E-state index contributed by atoms with van der Waals surface area (Å²) in [5, 5.41) is 0. The summed E-state index contributed by atoms with van der Waals surface area (Å²) < 4.78 is 0. The zero-order valence-electron chi connectivity index (χ0n) is 8.68. The lowest BCUT2D eigenvalue weighted by Crippen LogP contribution is -2.03. The van der Waals surface area contributed by atoms with Crippen LogP contribution in [-0.4, -0.2) is 6.29 Å². The van der Waals surface area contributed by atoms with Crippen molar-refractivity contribution in [3.8, 4) is 0 Å². The lowest BCUT2D eigenvalue weighted by Gasteiger charge is -2.15. The molecule has 0 N–H and O–H groups in total. The molecule has 0 saturated carbocycles. The lowest BCUT2D eigenvalue weighted by molar-refractivity contribution is -0.108. The molecule has 0 rings (SSSR count). The molecule has 0 amide bonds. The molecule has 1 nitrogen and oxygen atoms in total. The standard InChI is InChI=1S/C11H22O/c1-4-6-10(2)9-11(3)7-5-8-12/h8,10-11H,4-7,9H2,1-3H3. The van der Waals surface area contributed by atoms with E-state index in [1.54, 1.807) is 0 Å². The monoisotopic (exact) mass is 170 g/mol. The van der Waals surface area contributed by atoms with Gasteiger partial charge in [0.1, 0.15) is 6.29 Å². The summed E-state index contributed by atoms with van der Waals surface area (Å²) in [7, 11) is 0. The molecule has 0 aliphatic carbocycles. The molecule has 0 aromatic carbocycles. The fourth-order valence-electron chi connectivity index (χ4n) is 1.77. The van der Waals surface area contributed by atoms with Crippen molar-refractivity contribution in [1.29, 1.82) is 0 Å².